The number of nitrogens with zero attached hydrogens (tertiary/aromatic N) is 3. The van der Waals surface area contributed by atoms with Crippen LogP contribution in [0.15, 0.2) is 59.7 Å². The summed E-state index contributed by atoms with van der Waals surface area (Å²) in [6.45, 7) is 6.03. The van der Waals surface area contributed by atoms with Crippen LogP contribution >= 0.6 is 0 Å². The van der Waals surface area contributed by atoms with Crippen molar-refractivity contribution in [1.82, 2.24) is 9.97 Å². The number of ether oxygens (including phenoxy) is 2. The van der Waals surface area contributed by atoms with Gasteiger partial charge in [-0.2, -0.15) is 0 Å². The van der Waals surface area contributed by atoms with E-state index < -0.39 is 0 Å². The highest BCUT2D eigenvalue weighted by molar-refractivity contribution is 5.97. The average Bonchev–Trinajstić information content (AvgIpc) is 3.26. The molecule has 170 valence electrons. The first-order chi connectivity index (χ1) is 16.5. The number of aromatic hydroxyl groups is 1. The predicted molar refractivity (Wildman–Crippen MR) is 131 cm³/mol. The standard InChI is InChI=1S/C28H25N3O3/c1-15-10-23-26(24(32)11-15)31-25(14-29-23)33-19-12-16(2)17(3)21(13-19)28-30-22-9-8-18-6-4-5-7-20(18)27(22)34-28/h4-7,10-14,22,27,32H,8-9H2,1-3H3/t22-,27-/m0/s1. The maximum absolute atomic E-state index is 10.3. The molecule has 1 aromatic heterocycles. The van der Waals surface area contributed by atoms with Crippen LogP contribution in [0.3, 0.4) is 0 Å². The maximum atomic E-state index is 10.3. The summed E-state index contributed by atoms with van der Waals surface area (Å²) in [5.41, 5.74) is 7.65. The third-order valence-electron chi connectivity index (χ3n) is 6.79. The number of phenolic OH excluding ortho intramolecular Hbond substituents is 1. The molecule has 4 aromatic rings. The number of phenols is 1. The molecule has 6 heteroatoms. The highest BCUT2D eigenvalue weighted by Crippen LogP contribution is 2.40. The fourth-order valence-corrected chi connectivity index (χ4v) is 4.90. The van der Waals surface area contributed by atoms with Crippen molar-refractivity contribution < 1.29 is 14.6 Å². The van der Waals surface area contributed by atoms with Crippen molar-refractivity contribution in [2.24, 2.45) is 4.99 Å². The van der Waals surface area contributed by atoms with E-state index in [0.717, 1.165) is 35.1 Å². The zero-order valence-corrected chi connectivity index (χ0v) is 19.4. The van der Waals surface area contributed by atoms with Crippen molar-refractivity contribution in [3.8, 4) is 17.4 Å². The molecule has 2 aliphatic rings. The highest BCUT2D eigenvalue weighted by Gasteiger charge is 2.37. The van der Waals surface area contributed by atoms with Crippen molar-refractivity contribution >= 4 is 16.9 Å². The van der Waals surface area contributed by atoms with E-state index in [4.69, 9.17) is 14.5 Å². The van der Waals surface area contributed by atoms with Gasteiger partial charge in [0.1, 0.15) is 23.1 Å². The number of aliphatic imine (C=N–C) groups is 1. The van der Waals surface area contributed by atoms with Crippen LogP contribution in [-0.4, -0.2) is 27.0 Å². The largest absolute Gasteiger partial charge is 0.506 e. The number of hydrogen-bond acceptors (Lipinski definition) is 6. The Hall–Kier alpha value is -3.93. The van der Waals surface area contributed by atoms with Crippen LogP contribution in [0.2, 0.25) is 0 Å². The average molecular weight is 452 g/mol. The first-order valence-electron chi connectivity index (χ1n) is 11.5. The Kier molecular flexibility index (Phi) is 4.76. The summed E-state index contributed by atoms with van der Waals surface area (Å²) in [7, 11) is 0. The van der Waals surface area contributed by atoms with Crippen LogP contribution in [0.1, 0.15) is 45.9 Å². The first kappa shape index (κ1) is 20.7. The minimum Gasteiger partial charge on any atom is -0.506 e. The summed E-state index contributed by atoms with van der Waals surface area (Å²) >= 11 is 0. The molecule has 0 saturated carbocycles. The zero-order chi connectivity index (χ0) is 23.4. The topological polar surface area (TPSA) is 76.8 Å². The van der Waals surface area contributed by atoms with E-state index in [9.17, 15) is 5.11 Å². The Bertz CT molecular complexity index is 1480. The molecule has 34 heavy (non-hydrogen) atoms. The minimum absolute atomic E-state index is 0.0398. The molecule has 1 aliphatic heterocycles. The molecular formula is C28H25N3O3. The van der Waals surface area contributed by atoms with Gasteiger partial charge in [0, 0.05) is 5.56 Å². The summed E-state index contributed by atoms with van der Waals surface area (Å²) in [5.74, 6) is 1.69. The molecule has 6 rings (SSSR count). The van der Waals surface area contributed by atoms with E-state index in [1.807, 2.05) is 32.0 Å². The van der Waals surface area contributed by atoms with Gasteiger partial charge in [-0.15, -0.1) is 0 Å². The van der Waals surface area contributed by atoms with Gasteiger partial charge in [-0.25, -0.2) is 15.0 Å². The molecule has 0 unspecified atom stereocenters. The first-order valence-corrected chi connectivity index (χ1v) is 11.5. The van der Waals surface area contributed by atoms with Crippen LogP contribution in [0.5, 0.6) is 17.4 Å². The van der Waals surface area contributed by atoms with Crippen LogP contribution in [-0.2, 0) is 11.2 Å². The van der Waals surface area contributed by atoms with Gasteiger partial charge in [0.25, 0.3) is 0 Å². The van der Waals surface area contributed by atoms with Gasteiger partial charge in [-0.05, 0) is 85.7 Å². The molecule has 0 amide bonds. The van der Waals surface area contributed by atoms with Gasteiger partial charge in [-0.3, -0.25) is 0 Å². The summed E-state index contributed by atoms with van der Waals surface area (Å²) in [6, 6.07) is 16.1. The molecule has 0 bridgehead atoms. The van der Waals surface area contributed by atoms with E-state index in [2.05, 4.69) is 41.2 Å². The van der Waals surface area contributed by atoms with E-state index in [0.29, 0.717) is 28.6 Å². The molecule has 1 aliphatic carbocycles. The van der Waals surface area contributed by atoms with Gasteiger partial charge in [-0.1, -0.05) is 24.3 Å². The Morgan fingerprint density at radius 3 is 2.79 bits per heavy atom. The number of rotatable bonds is 3. The molecule has 2 heterocycles. The number of fused-ring (bicyclic) bond motifs is 4. The van der Waals surface area contributed by atoms with Crippen molar-refractivity contribution in [2.45, 2.75) is 45.8 Å². The van der Waals surface area contributed by atoms with Crippen molar-refractivity contribution in [2.75, 3.05) is 0 Å². The van der Waals surface area contributed by atoms with E-state index in [-0.39, 0.29) is 17.9 Å². The smallest absolute Gasteiger partial charge is 0.238 e. The summed E-state index contributed by atoms with van der Waals surface area (Å²) in [4.78, 5) is 13.9. The quantitative estimate of drug-likeness (QED) is 0.421. The van der Waals surface area contributed by atoms with Crippen LogP contribution < -0.4 is 4.74 Å². The predicted octanol–water partition coefficient (Wildman–Crippen LogP) is 5.89. The highest BCUT2D eigenvalue weighted by atomic mass is 16.5. The number of aromatic nitrogens is 2. The summed E-state index contributed by atoms with van der Waals surface area (Å²) < 4.78 is 12.5. The monoisotopic (exact) mass is 451 g/mol. The normalized spacial score (nSPS) is 18.7. The van der Waals surface area contributed by atoms with Gasteiger partial charge >= 0.3 is 0 Å². The molecule has 0 saturated heterocycles. The van der Waals surface area contributed by atoms with Gasteiger partial charge in [0.05, 0.1) is 17.8 Å². The fraction of sp³-hybridized carbons (Fsp3) is 0.250. The van der Waals surface area contributed by atoms with E-state index >= 15 is 0 Å². The Labute approximate surface area is 197 Å². The van der Waals surface area contributed by atoms with Gasteiger partial charge < -0.3 is 14.6 Å². The molecule has 0 spiro atoms. The number of benzene rings is 3. The van der Waals surface area contributed by atoms with Crippen LogP contribution in [0, 0.1) is 20.8 Å². The second kappa shape index (κ2) is 7.83. The van der Waals surface area contributed by atoms with Gasteiger partial charge in [0.2, 0.25) is 11.8 Å². The number of hydrogen-bond donors (Lipinski definition) is 1. The van der Waals surface area contributed by atoms with Gasteiger partial charge in [0.15, 0.2) is 0 Å². The lowest BCUT2D eigenvalue weighted by Gasteiger charge is -2.25. The molecule has 0 radical (unpaired) electrons. The minimum atomic E-state index is -0.0398. The Morgan fingerprint density at radius 2 is 1.91 bits per heavy atom. The van der Waals surface area contributed by atoms with E-state index in [1.165, 1.54) is 11.1 Å². The SMILES string of the molecule is Cc1cc(O)c2nc(Oc3cc(C)c(C)c(C4=N[C@H]5CCc6ccccc6[C@@H]5O4)c3)cnc2c1. The van der Waals surface area contributed by atoms with Crippen LogP contribution in [0.4, 0.5) is 0 Å². The molecular weight excluding hydrogens is 426 g/mol. The second-order valence-corrected chi connectivity index (χ2v) is 9.15. The zero-order valence-electron chi connectivity index (χ0n) is 19.4. The summed E-state index contributed by atoms with van der Waals surface area (Å²) in [6.07, 6.45) is 3.54. The Balaban J connectivity index is 1.33. The lowest BCUT2D eigenvalue weighted by atomic mass is 9.86. The lowest BCUT2D eigenvalue weighted by molar-refractivity contribution is 0.183. The maximum Gasteiger partial charge on any atom is 0.238 e. The summed E-state index contributed by atoms with van der Waals surface area (Å²) in [5, 5.41) is 10.3. The van der Waals surface area contributed by atoms with E-state index in [1.54, 1.807) is 12.3 Å². The molecule has 6 nitrogen and oxygen atoms in total. The van der Waals surface area contributed by atoms with Crippen molar-refractivity contribution in [3.05, 3.63) is 88.1 Å². The third-order valence-corrected chi connectivity index (χ3v) is 6.79. The number of aryl methyl sites for hydroxylation is 3. The molecule has 0 fully saturated rings. The molecule has 3 aromatic carbocycles. The second-order valence-electron chi connectivity index (χ2n) is 9.15. The fourth-order valence-electron chi connectivity index (χ4n) is 4.90. The lowest BCUT2D eigenvalue weighted by Crippen LogP contribution is -2.21. The van der Waals surface area contributed by atoms with Crippen LogP contribution in [0.25, 0.3) is 11.0 Å². The van der Waals surface area contributed by atoms with Crippen molar-refractivity contribution in [3.63, 3.8) is 0 Å². The van der Waals surface area contributed by atoms with Crippen molar-refractivity contribution in [1.29, 1.82) is 0 Å². The Morgan fingerprint density at radius 1 is 1.06 bits per heavy atom. The molecule has 1 N–H and O–H groups in total. The molecule has 2 atom stereocenters. The third kappa shape index (κ3) is 3.46.